The predicted octanol–water partition coefficient (Wildman–Crippen LogP) is 4.69. The lowest BCUT2D eigenvalue weighted by molar-refractivity contribution is 0.131. The molecule has 0 saturated heterocycles. The normalized spacial score (nSPS) is 11.0. The third-order valence-electron chi connectivity index (χ3n) is 2.67. The van der Waals surface area contributed by atoms with Crippen LogP contribution in [0.25, 0.3) is 0 Å². The molecule has 2 aromatic rings. The summed E-state index contributed by atoms with van der Waals surface area (Å²) >= 11 is 0. The molecule has 110 valence electrons. The van der Waals surface area contributed by atoms with Gasteiger partial charge in [-0.15, -0.1) is 0 Å². The lowest BCUT2D eigenvalue weighted by Crippen LogP contribution is -1.98. The molecular weight excluding hydrogens is 287 g/mol. The van der Waals surface area contributed by atoms with Crippen molar-refractivity contribution in [1.29, 1.82) is 0 Å². The first kappa shape index (κ1) is 15.5. The van der Waals surface area contributed by atoms with Gasteiger partial charge in [-0.1, -0.05) is 67.2 Å². The summed E-state index contributed by atoms with van der Waals surface area (Å²) in [7, 11) is -3.67. The number of phosphoric acid groups is 1. The van der Waals surface area contributed by atoms with E-state index in [1.54, 1.807) is 0 Å². The number of phosphoric ester groups is 1. The van der Waals surface area contributed by atoms with E-state index in [0.717, 1.165) is 17.4 Å². The van der Waals surface area contributed by atoms with Crippen LogP contribution in [0.15, 0.2) is 73.5 Å². The fraction of sp³-hybridized carbons (Fsp3) is 0.125. The molecule has 21 heavy (non-hydrogen) atoms. The van der Waals surface area contributed by atoms with E-state index < -0.39 is 7.82 Å². The van der Waals surface area contributed by atoms with Crippen molar-refractivity contribution in [2.45, 2.75) is 13.2 Å². The van der Waals surface area contributed by atoms with Crippen LogP contribution in [0.3, 0.4) is 0 Å². The first-order chi connectivity index (χ1) is 10.2. The van der Waals surface area contributed by atoms with Gasteiger partial charge in [0.1, 0.15) is 0 Å². The summed E-state index contributed by atoms with van der Waals surface area (Å²) in [5, 5.41) is 0. The average Bonchev–Trinajstić information content (AvgIpc) is 2.54. The summed E-state index contributed by atoms with van der Waals surface area (Å²) in [6.07, 6.45) is 1.07. The largest absolute Gasteiger partial charge is 0.530 e. The molecule has 0 heterocycles. The average molecular weight is 304 g/mol. The van der Waals surface area contributed by atoms with Crippen molar-refractivity contribution in [3.8, 4) is 0 Å². The first-order valence-corrected chi connectivity index (χ1v) is 7.94. The minimum atomic E-state index is -3.67. The maximum Gasteiger partial charge on any atom is 0.530 e. The lowest BCUT2D eigenvalue weighted by Gasteiger charge is -2.16. The quantitative estimate of drug-likeness (QED) is 0.524. The summed E-state index contributed by atoms with van der Waals surface area (Å²) < 4.78 is 28.0. The van der Waals surface area contributed by atoms with Crippen LogP contribution in [-0.4, -0.2) is 0 Å². The van der Waals surface area contributed by atoms with Crippen LogP contribution in [0.5, 0.6) is 0 Å². The van der Waals surface area contributed by atoms with Crippen LogP contribution < -0.4 is 0 Å². The van der Waals surface area contributed by atoms with Crippen LogP contribution >= 0.6 is 7.82 Å². The van der Waals surface area contributed by atoms with Gasteiger partial charge in [0.05, 0.1) is 19.5 Å². The molecule has 0 amide bonds. The Kier molecular flexibility index (Phi) is 5.76. The highest BCUT2D eigenvalue weighted by Gasteiger charge is 2.26. The molecule has 0 aliphatic rings. The zero-order valence-corrected chi connectivity index (χ0v) is 12.4. The number of rotatable bonds is 8. The minimum absolute atomic E-state index is 0.140. The fourth-order valence-corrected chi connectivity index (χ4v) is 2.64. The molecule has 2 aromatic carbocycles. The predicted molar refractivity (Wildman–Crippen MR) is 81.4 cm³/mol. The van der Waals surface area contributed by atoms with Gasteiger partial charge in [0.2, 0.25) is 0 Å². The van der Waals surface area contributed by atoms with Gasteiger partial charge in [-0.3, -0.25) is 9.05 Å². The smallest absolute Gasteiger partial charge is 0.413 e. The second-order valence-corrected chi connectivity index (χ2v) is 5.86. The highest BCUT2D eigenvalue weighted by atomic mass is 31.2. The second-order valence-electron chi connectivity index (χ2n) is 4.24. The molecule has 0 atom stereocenters. The molecule has 0 radical (unpaired) electrons. The molecule has 0 bridgehead atoms. The Hall–Kier alpha value is -1.87. The van der Waals surface area contributed by atoms with Crippen molar-refractivity contribution in [3.63, 3.8) is 0 Å². The van der Waals surface area contributed by atoms with E-state index in [1.165, 1.54) is 0 Å². The van der Waals surface area contributed by atoms with Gasteiger partial charge in [-0.25, -0.2) is 4.57 Å². The number of hydrogen-bond donors (Lipinski definition) is 0. The summed E-state index contributed by atoms with van der Waals surface area (Å²) in [5.41, 5.74) is 1.77. The van der Waals surface area contributed by atoms with Gasteiger partial charge < -0.3 is 4.52 Å². The van der Waals surface area contributed by atoms with Gasteiger partial charge in [0.25, 0.3) is 0 Å². The van der Waals surface area contributed by atoms with Crippen LogP contribution in [-0.2, 0) is 31.4 Å². The zero-order chi connectivity index (χ0) is 15.0. The SMILES string of the molecule is C=COP(=O)(OCc1ccccc1)OCc1ccccc1. The first-order valence-electron chi connectivity index (χ1n) is 6.48. The summed E-state index contributed by atoms with van der Waals surface area (Å²) in [6.45, 7) is 3.68. The monoisotopic (exact) mass is 304 g/mol. The third-order valence-corrected chi connectivity index (χ3v) is 3.97. The van der Waals surface area contributed by atoms with E-state index >= 15 is 0 Å². The van der Waals surface area contributed by atoms with Crippen molar-refractivity contribution in [1.82, 2.24) is 0 Å². The molecule has 0 fully saturated rings. The Morgan fingerprint density at radius 2 is 1.29 bits per heavy atom. The van der Waals surface area contributed by atoms with E-state index in [0.29, 0.717) is 0 Å². The summed E-state index contributed by atoms with van der Waals surface area (Å²) in [5.74, 6) is 0. The fourth-order valence-electron chi connectivity index (χ4n) is 1.65. The van der Waals surface area contributed by atoms with Crippen LogP contribution in [0.2, 0.25) is 0 Å². The molecule has 0 spiro atoms. The molecule has 0 unspecified atom stereocenters. The summed E-state index contributed by atoms with van der Waals surface area (Å²) in [6, 6.07) is 18.8. The highest BCUT2D eigenvalue weighted by Crippen LogP contribution is 2.51. The van der Waals surface area contributed by atoms with Gasteiger partial charge in [0.15, 0.2) is 0 Å². The Bertz CT molecular complexity index is 551. The Labute approximate surface area is 124 Å². The van der Waals surface area contributed by atoms with E-state index in [9.17, 15) is 4.57 Å². The Morgan fingerprint density at radius 3 is 1.67 bits per heavy atom. The molecule has 0 aromatic heterocycles. The van der Waals surface area contributed by atoms with Gasteiger partial charge in [-0.05, 0) is 11.1 Å². The molecule has 0 aliphatic heterocycles. The van der Waals surface area contributed by atoms with Crippen molar-refractivity contribution in [2.75, 3.05) is 0 Å². The maximum atomic E-state index is 12.4. The van der Waals surface area contributed by atoms with Gasteiger partial charge in [0, 0.05) is 0 Å². The van der Waals surface area contributed by atoms with Crippen molar-refractivity contribution >= 4 is 7.82 Å². The standard InChI is InChI=1S/C16H17O4P/c1-2-18-21(17,19-13-15-9-5-3-6-10-15)20-14-16-11-7-4-8-12-16/h2-12H,1,13-14H2. The molecular formula is C16H17O4P. The van der Waals surface area contributed by atoms with E-state index in [1.807, 2.05) is 60.7 Å². The number of benzene rings is 2. The second kappa shape index (κ2) is 7.79. The van der Waals surface area contributed by atoms with Crippen LogP contribution in [0.1, 0.15) is 11.1 Å². The van der Waals surface area contributed by atoms with E-state index in [2.05, 4.69) is 6.58 Å². The number of hydrogen-bond acceptors (Lipinski definition) is 4. The van der Waals surface area contributed by atoms with E-state index in [-0.39, 0.29) is 13.2 Å². The topological polar surface area (TPSA) is 44.8 Å². The third kappa shape index (κ3) is 5.20. The lowest BCUT2D eigenvalue weighted by atomic mass is 10.2. The maximum absolute atomic E-state index is 12.4. The Morgan fingerprint density at radius 1 is 0.857 bits per heavy atom. The summed E-state index contributed by atoms with van der Waals surface area (Å²) in [4.78, 5) is 0. The molecule has 2 rings (SSSR count). The van der Waals surface area contributed by atoms with Crippen LogP contribution in [0, 0.1) is 0 Å². The van der Waals surface area contributed by atoms with Crippen LogP contribution in [0.4, 0.5) is 0 Å². The molecule has 4 nitrogen and oxygen atoms in total. The van der Waals surface area contributed by atoms with Gasteiger partial charge >= 0.3 is 7.82 Å². The highest BCUT2D eigenvalue weighted by molar-refractivity contribution is 7.48. The molecule has 0 aliphatic carbocycles. The van der Waals surface area contributed by atoms with Crippen molar-refractivity contribution in [2.24, 2.45) is 0 Å². The van der Waals surface area contributed by atoms with Crippen molar-refractivity contribution in [3.05, 3.63) is 84.6 Å². The molecule has 5 heteroatoms. The zero-order valence-electron chi connectivity index (χ0n) is 11.6. The van der Waals surface area contributed by atoms with E-state index in [4.69, 9.17) is 13.6 Å². The minimum Gasteiger partial charge on any atom is -0.413 e. The molecule has 0 N–H and O–H groups in total. The Balaban J connectivity index is 1.95. The van der Waals surface area contributed by atoms with Crippen molar-refractivity contribution < 1.29 is 18.1 Å². The van der Waals surface area contributed by atoms with Gasteiger partial charge in [-0.2, -0.15) is 0 Å². The molecule has 0 saturated carbocycles.